The molecule has 5 rings (SSSR count). The smallest absolute Gasteiger partial charge is 0.319 e. The Labute approximate surface area is 209 Å². The number of anilines is 1. The Morgan fingerprint density at radius 2 is 1.91 bits per heavy atom. The number of benzene rings is 2. The van der Waals surface area contributed by atoms with E-state index in [1.54, 1.807) is 14.2 Å². The fourth-order valence-electron chi connectivity index (χ4n) is 5.76. The molecule has 1 aliphatic carbocycles. The lowest BCUT2D eigenvalue weighted by molar-refractivity contribution is 0.156. The van der Waals surface area contributed by atoms with Crippen LogP contribution in [0.4, 0.5) is 10.5 Å². The van der Waals surface area contributed by atoms with Crippen molar-refractivity contribution in [1.82, 2.24) is 19.8 Å². The van der Waals surface area contributed by atoms with Gasteiger partial charge in [-0.2, -0.15) is 0 Å². The van der Waals surface area contributed by atoms with Gasteiger partial charge in [-0.15, -0.1) is 5.10 Å². The summed E-state index contributed by atoms with van der Waals surface area (Å²) in [6.45, 7) is 1.04. The van der Waals surface area contributed by atoms with Crippen molar-refractivity contribution < 1.29 is 14.3 Å². The number of hydrogen-bond donors (Lipinski definition) is 2. The second-order valence-corrected chi connectivity index (χ2v) is 10.0. The molecule has 3 unspecified atom stereocenters. The number of methoxy groups -OCH3 is 2. The molecule has 8 nitrogen and oxygen atoms in total. The molecule has 2 fully saturated rings. The van der Waals surface area contributed by atoms with Gasteiger partial charge in [0.1, 0.15) is 5.69 Å². The lowest BCUT2D eigenvalue weighted by Crippen LogP contribution is -2.52. The first-order valence-corrected chi connectivity index (χ1v) is 12.7. The molecular formula is C26H31N5O3S. The van der Waals surface area contributed by atoms with Crippen molar-refractivity contribution in [2.24, 2.45) is 0 Å². The number of likely N-dealkylation sites (N-methyl/N-ethyl adjacent to an activating group) is 1. The summed E-state index contributed by atoms with van der Waals surface area (Å²) in [4.78, 5) is 15.2. The number of fused-ring (bicyclic) bond motifs is 1. The van der Waals surface area contributed by atoms with E-state index in [1.807, 2.05) is 35.7 Å². The summed E-state index contributed by atoms with van der Waals surface area (Å²) in [5.74, 6) is 1.52. The van der Waals surface area contributed by atoms with Gasteiger partial charge in [-0.05, 0) is 80.6 Å². The van der Waals surface area contributed by atoms with E-state index in [0.29, 0.717) is 6.04 Å². The number of aromatic nitrogens is 2. The molecule has 184 valence electrons. The van der Waals surface area contributed by atoms with Crippen LogP contribution < -0.4 is 20.1 Å². The lowest BCUT2D eigenvalue weighted by atomic mass is 9.65. The average Bonchev–Trinajstić information content (AvgIpc) is 3.53. The zero-order chi connectivity index (χ0) is 24.4. The number of rotatable bonds is 6. The lowest BCUT2D eigenvalue weighted by Gasteiger charge is -2.45. The number of nitrogens with zero attached hydrogens (tertiary/aromatic N) is 3. The third-order valence-electron chi connectivity index (χ3n) is 7.62. The van der Waals surface area contributed by atoms with Gasteiger partial charge in [0.2, 0.25) is 0 Å². The normalized spacial score (nSPS) is 24.0. The van der Waals surface area contributed by atoms with Crippen molar-refractivity contribution in [1.29, 1.82) is 0 Å². The Balaban J connectivity index is 1.25. The molecular weight excluding hydrogens is 462 g/mol. The number of carbonyl (C=O) groups excluding carboxylic acids is 1. The largest absolute Gasteiger partial charge is 0.493 e. The average molecular weight is 494 g/mol. The van der Waals surface area contributed by atoms with Crippen molar-refractivity contribution in [3.05, 3.63) is 53.4 Å². The van der Waals surface area contributed by atoms with Gasteiger partial charge in [0.15, 0.2) is 11.5 Å². The maximum Gasteiger partial charge on any atom is 0.319 e. The summed E-state index contributed by atoms with van der Waals surface area (Å²) >= 11 is 1.32. The summed E-state index contributed by atoms with van der Waals surface area (Å²) in [6, 6.07) is 14.3. The standard InChI is InChI=1S/C26H31N5O3S/c1-31-13-12-26(18-6-9-22(33-2)23(14-18)34-3)11-10-20(15-24(26)31)28-25(32)27-19-7-4-17(5-8-19)21-16-35-30-29-21/h4-9,14,16,20,24H,10-13,15H2,1-3H3,(H2,27,28,32). The first-order chi connectivity index (χ1) is 17.0. The molecule has 3 aromatic rings. The number of urea groups is 1. The number of nitrogens with one attached hydrogen (secondary N) is 2. The third-order valence-corrected chi connectivity index (χ3v) is 8.12. The van der Waals surface area contributed by atoms with Gasteiger partial charge in [-0.3, -0.25) is 0 Å². The van der Waals surface area contributed by atoms with E-state index in [4.69, 9.17) is 9.47 Å². The van der Waals surface area contributed by atoms with Crippen molar-refractivity contribution in [2.75, 3.05) is 33.1 Å². The minimum atomic E-state index is -0.169. The second kappa shape index (κ2) is 9.83. The van der Waals surface area contributed by atoms with Crippen LogP contribution in [0, 0.1) is 0 Å². The van der Waals surface area contributed by atoms with Gasteiger partial charge in [0, 0.05) is 34.1 Å². The molecule has 35 heavy (non-hydrogen) atoms. The Bertz CT molecular complexity index is 1170. The van der Waals surface area contributed by atoms with E-state index in [0.717, 1.165) is 60.7 Å². The summed E-state index contributed by atoms with van der Waals surface area (Å²) < 4.78 is 14.9. The van der Waals surface area contributed by atoms with Crippen LogP contribution in [0.2, 0.25) is 0 Å². The highest BCUT2D eigenvalue weighted by atomic mass is 32.1. The topological polar surface area (TPSA) is 88.6 Å². The van der Waals surface area contributed by atoms with Crippen molar-refractivity contribution in [3.8, 4) is 22.8 Å². The molecule has 0 radical (unpaired) electrons. The van der Waals surface area contributed by atoms with Crippen molar-refractivity contribution in [3.63, 3.8) is 0 Å². The first-order valence-electron chi connectivity index (χ1n) is 11.9. The predicted octanol–water partition coefficient (Wildman–Crippen LogP) is 4.54. The van der Waals surface area contributed by atoms with Gasteiger partial charge in [-0.25, -0.2) is 4.79 Å². The predicted molar refractivity (Wildman–Crippen MR) is 137 cm³/mol. The fraction of sp³-hybridized carbons (Fsp3) is 0.423. The number of likely N-dealkylation sites (tertiary alicyclic amines) is 1. The van der Waals surface area contributed by atoms with Crippen LogP contribution >= 0.6 is 11.5 Å². The summed E-state index contributed by atoms with van der Waals surface area (Å²) in [6.07, 6.45) is 3.96. The molecule has 1 aliphatic heterocycles. The van der Waals surface area contributed by atoms with Crippen LogP contribution in [0.25, 0.3) is 11.3 Å². The number of ether oxygens (including phenoxy) is 2. The van der Waals surface area contributed by atoms with E-state index in [-0.39, 0.29) is 17.5 Å². The van der Waals surface area contributed by atoms with Crippen LogP contribution in [0.1, 0.15) is 31.2 Å². The first kappa shape index (κ1) is 23.6. The molecule has 1 aromatic heterocycles. The maximum absolute atomic E-state index is 12.8. The second-order valence-electron chi connectivity index (χ2n) is 9.41. The minimum absolute atomic E-state index is 0.0589. The Hall–Kier alpha value is -3.17. The van der Waals surface area contributed by atoms with E-state index in [9.17, 15) is 4.79 Å². The van der Waals surface area contributed by atoms with E-state index in [1.165, 1.54) is 17.1 Å². The summed E-state index contributed by atoms with van der Waals surface area (Å²) in [5.41, 5.74) is 3.92. The highest BCUT2D eigenvalue weighted by molar-refractivity contribution is 7.03. The highest BCUT2D eigenvalue weighted by Crippen LogP contribution is 2.49. The fourth-order valence-corrected chi connectivity index (χ4v) is 6.23. The van der Waals surface area contributed by atoms with Crippen molar-refractivity contribution in [2.45, 2.75) is 43.2 Å². The maximum atomic E-state index is 12.8. The van der Waals surface area contributed by atoms with Crippen LogP contribution in [0.15, 0.2) is 47.8 Å². The van der Waals surface area contributed by atoms with Crippen molar-refractivity contribution >= 4 is 23.3 Å². The molecule has 3 atom stereocenters. The minimum Gasteiger partial charge on any atom is -0.493 e. The van der Waals surface area contributed by atoms with Gasteiger partial charge in [-0.1, -0.05) is 22.7 Å². The molecule has 2 aromatic carbocycles. The van der Waals surface area contributed by atoms with Crippen LogP contribution in [0.5, 0.6) is 11.5 Å². The molecule has 0 bridgehead atoms. The quantitative estimate of drug-likeness (QED) is 0.524. The summed E-state index contributed by atoms with van der Waals surface area (Å²) in [7, 11) is 5.53. The summed E-state index contributed by atoms with van der Waals surface area (Å²) in [5, 5.41) is 12.2. The molecule has 2 heterocycles. The zero-order valence-electron chi connectivity index (χ0n) is 20.3. The molecule has 2 aliphatic rings. The zero-order valence-corrected chi connectivity index (χ0v) is 21.1. The van der Waals surface area contributed by atoms with Gasteiger partial charge >= 0.3 is 6.03 Å². The molecule has 1 saturated carbocycles. The number of amides is 2. The molecule has 2 N–H and O–H groups in total. The Morgan fingerprint density at radius 1 is 1.11 bits per heavy atom. The molecule has 0 spiro atoms. The number of hydrogen-bond acceptors (Lipinski definition) is 7. The van der Waals surface area contributed by atoms with Crippen LogP contribution in [0.3, 0.4) is 0 Å². The van der Waals surface area contributed by atoms with Gasteiger partial charge < -0.3 is 25.0 Å². The monoisotopic (exact) mass is 493 g/mol. The molecule has 1 saturated heterocycles. The third kappa shape index (κ3) is 4.58. The number of carbonyl (C=O) groups is 1. The van der Waals surface area contributed by atoms with Crippen LogP contribution in [-0.2, 0) is 5.41 Å². The van der Waals surface area contributed by atoms with E-state index in [2.05, 4.69) is 44.3 Å². The Kier molecular flexibility index (Phi) is 6.62. The van der Waals surface area contributed by atoms with Gasteiger partial charge in [0.05, 0.1) is 14.2 Å². The van der Waals surface area contributed by atoms with E-state index < -0.39 is 0 Å². The van der Waals surface area contributed by atoms with Gasteiger partial charge in [0.25, 0.3) is 0 Å². The van der Waals surface area contributed by atoms with E-state index >= 15 is 0 Å². The SMILES string of the molecule is COc1ccc(C23CCC(NC(=O)Nc4ccc(-c5csnn5)cc4)CC2N(C)CC3)cc1OC. The van der Waals surface area contributed by atoms with Crippen LogP contribution in [-0.4, -0.2) is 60.4 Å². The molecule has 9 heteroatoms. The Morgan fingerprint density at radius 3 is 2.63 bits per heavy atom. The molecule has 2 amide bonds. The highest BCUT2D eigenvalue weighted by Gasteiger charge is 2.50.